The summed E-state index contributed by atoms with van der Waals surface area (Å²) in [5, 5.41) is 0. The maximum absolute atomic E-state index is 12.3. The third kappa shape index (κ3) is 8.09. The van der Waals surface area contributed by atoms with Gasteiger partial charge in [-0.1, -0.05) is 35.9 Å². The zero-order chi connectivity index (χ0) is 20.7. The Morgan fingerprint density at radius 1 is 1.14 bits per heavy atom. The van der Waals surface area contributed by atoms with Crippen molar-refractivity contribution in [3.8, 4) is 0 Å². The molecule has 160 valence electrons. The van der Waals surface area contributed by atoms with Crippen molar-refractivity contribution in [1.29, 1.82) is 0 Å². The first-order chi connectivity index (χ1) is 13.9. The molecule has 2 fully saturated rings. The maximum Gasteiger partial charge on any atom is 0.461 e. The van der Waals surface area contributed by atoms with Crippen molar-refractivity contribution in [1.82, 2.24) is 0 Å². The average Bonchev–Trinajstić information content (AvgIpc) is 2.66. The van der Waals surface area contributed by atoms with E-state index in [1.807, 2.05) is 51.1 Å². The van der Waals surface area contributed by atoms with E-state index in [4.69, 9.17) is 23.5 Å². The summed E-state index contributed by atoms with van der Waals surface area (Å²) in [5.41, 5.74) is 0.623. The van der Waals surface area contributed by atoms with Gasteiger partial charge in [0, 0.05) is 12.9 Å². The smallest absolute Gasteiger partial charge is 0.460 e. The van der Waals surface area contributed by atoms with Crippen LogP contribution in [0.4, 0.5) is 0 Å². The van der Waals surface area contributed by atoms with Gasteiger partial charge in [0.05, 0.1) is 25.2 Å². The first-order valence-corrected chi connectivity index (χ1v) is 10.7. The van der Waals surface area contributed by atoms with Crippen LogP contribution in [-0.4, -0.2) is 50.4 Å². The molecule has 1 aromatic carbocycles. The molecule has 29 heavy (non-hydrogen) atoms. The highest BCUT2D eigenvalue weighted by Crippen LogP contribution is 2.24. The fraction of sp³-hybridized carbons (Fsp3) is 0.682. The number of rotatable bonds is 7. The fourth-order valence-corrected chi connectivity index (χ4v) is 3.63. The molecule has 2 aliphatic heterocycles. The van der Waals surface area contributed by atoms with Crippen molar-refractivity contribution in [2.45, 2.75) is 83.3 Å². The van der Waals surface area contributed by atoms with Crippen LogP contribution in [0.5, 0.6) is 0 Å². The Balaban J connectivity index is 1.58. The van der Waals surface area contributed by atoms with Crippen LogP contribution < -0.4 is 0 Å². The lowest BCUT2D eigenvalue weighted by atomic mass is 9.78. The van der Waals surface area contributed by atoms with Crippen molar-refractivity contribution in [2.75, 3.05) is 13.2 Å². The zero-order valence-corrected chi connectivity index (χ0v) is 17.8. The third-order valence-corrected chi connectivity index (χ3v) is 4.88. The van der Waals surface area contributed by atoms with Crippen molar-refractivity contribution in [2.24, 2.45) is 0 Å². The molecule has 2 saturated heterocycles. The largest absolute Gasteiger partial charge is 0.461 e. The van der Waals surface area contributed by atoms with Crippen LogP contribution in [0.3, 0.4) is 0 Å². The van der Waals surface area contributed by atoms with E-state index in [-0.39, 0.29) is 30.9 Å². The predicted molar refractivity (Wildman–Crippen MR) is 110 cm³/mol. The van der Waals surface area contributed by atoms with Gasteiger partial charge in [-0.3, -0.25) is 4.79 Å². The summed E-state index contributed by atoms with van der Waals surface area (Å²) in [6.07, 6.45) is 4.00. The van der Waals surface area contributed by atoms with Gasteiger partial charge in [-0.05, 0) is 46.5 Å². The lowest BCUT2D eigenvalue weighted by Crippen LogP contribution is -2.46. The minimum Gasteiger partial charge on any atom is -0.460 e. The molecule has 0 spiro atoms. The summed E-state index contributed by atoms with van der Waals surface area (Å²) in [4.78, 5) is 12.3. The highest BCUT2D eigenvalue weighted by atomic mass is 16.7. The SMILES string of the molecule is CC(C)(C)OC(=O)C[C@H]1C[C@@H](COC2CCCCO2)OB(Cc2ccccc2)O1. The first-order valence-electron chi connectivity index (χ1n) is 10.7. The normalized spacial score (nSPS) is 25.6. The second-order valence-electron chi connectivity index (χ2n) is 8.79. The Morgan fingerprint density at radius 3 is 2.59 bits per heavy atom. The van der Waals surface area contributed by atoms with Crippen LogP contribution in [0.25, 0.3) is 0 Å². The lowest BCUT2D eigenvalue weighted by molar-refractivity contribution is -0.180. The lowest BCUT2D eigenvalue weighted by Gasteiger charge is -2.35. The van der Waals surface area contributed by atoms with E-state index in [0.717, 1.165) is 31.4 Å². The van der Waals surface area contributed by atoms with Gasteiger partial charge in [0.1, 0.15) is 5.60 Å². The number of carbonyl (C=O) groups excluding carboxylic acids is 1. The minimum atomic E-state index is -0.507. The van der Waals surface area contributed by atoms with Gasteiger partial charge in [0.2, 0.25) is 0 Å². The molecule has 3 atom stereocenters. The molecule has 0 aromatic heterocycles. The molecule has 0 bridgehead atoms. The number of hydrogen-bond donors (Lipinski definition) is 0. The second-order valence-corrected chi connectivity index (χ2v) is 8.79. The summed E-state index contributed by atoms with van der Waals surface area (Å²) in [6, 6.07) is 10.1. The predicted octanol–water partition coefficient (Wildman–Crippen LogP) is 3.71. The van der Waals surface area contributed by atoms with E-state index >= 15 is 0 Å². The van der Waals surface area contributed by atoms with Gasteiger partial charge in [-0.25, -0.2) is 0 Å². The Hall–Kier alpha value is -1.41. The highest BCUT2D eigenvalue weighted by Gasteiger charge is 2.36. The minimum absolute atomic E-state index is 0.143. The van der Waals surface area contributed by atoms with E-state index in [1.165, 1.54) is 0 Å². The molecule has 2 heterocycles. The molecule has 1 aromatic rings. The maximum atomic E-state index is 12.3. The van der Waals surface area contributed by atoms with E-state index in [2.05, 4.69) is 0 Å². The molecule has 7 heteroatoms. The Morgan fingerprint density at radius 2 is 1.90 bits per heavy atom. The quantitative estimate of drug-likeness (QED) is 0.510. The highest BCUT2D eigenvalue weighted by molar-refractivity contribution is 6.44. The van der Waals surface area contributed by atoms with Gasteiger partial charge in [0.15, 0.2) is 6.29 Å². The molecule has 0 N–H and O–H groups in total. The summed E-state index contributed by atoms with van der Waals surface area (Å²) in [5.74, 6) is -0.252. The Bertz CT molecular complexity index is 626. The van der Waals surface area contributed by atoms with E-state index < -0.39 is 12.7 Å². The Kier molecular flexibility index (Phi) is 8.12. The van der Waals surface area contributed by atoms with Gasteiger partial charge in [-0.2, -0.15) is 0 Å². The molecule has 0 saturated carbocycles. The summed E-state index contributed by atoms with van der Waals surface area (Å²) in [6.45, 7) is 6.79. The average molecular weight is 404 g/mol. The van der Waals surface area contributed by atoms with Crippen molar-refractivity contribution < 1.29 is 28.3 Å². The van der Waals surface area contributed by atoms with Gasteiger partial charge >= 0.3 is 13.1 Å². The molecule has 3 rings (SSSR count). The second kappa shape index (κ2) is 10.6. The first kappa shape index (κ1) is 22.3. The van der Waals surface area contributed by atoms with Gasteiger partial charge < -0.3 is 23.5 Å². The fourth-order valence-electron chi connectivity index (χ4n) is 3.63. The van der Waals surface area contributed by atoms with E-state index in [1.54, 1.807) is 0 Å². The molecular formula is C22H33BO6. The molecule has 6 nitrogen and oxygen atoms in total. The van der Waals surface area contributed by atoms with E-state index in [9.17, 15) is 4.79 Å². The monoisotopic (exact) mass is 404 g/mol. The molecule has 1 unspecified atom stereocenters. The molecule has 2 aliphatic rings. The van der Waals surface area contributed by atoms with Crippen LogP contribution in [0.2, 0.25) is 0 Å². The number of hydrogen-bond acceptors (Lipinski definition) is 6. The molecular weight excluding hydrogens is 371 g/mol. The topological polar surface area (TPSA) is 63.2 Å². The van der Waals surface area contributed by atoms with Crippen LogP contribution in [0, 0.1) is 0 Å². The molecule has 0 aliphatic carbocycles. The van der Waals surface area contributed by atoms with E-state index in [0.29, 0.717) is 19.3 Å². The van der Waals surface area contributed by atoms with Crippen LogP contribution >= 0.6 is 0 Å². The summed E-state index contributed by atoms with van der Waals surface area (Å²) in [7, 11) is -0.417. The third-order valence-electron chi connectivity index (χ3n) is 4.88. The van der Waals surface area contributed by atoms with Crippen molar-refractivity contribution in [3.63, 3.8) is 0 Å². The summed E-state index contributed by atoms with van der Waals surface area (Å²) >= 11 is 0. The van der Waals surface area contributed by atoms with Gasteiger partial charge in [0.25, 0.3) is 0 Å². The van der Waals surface area contributed by atoms with Gasteiger partial charge in [-0.15, -0.1) is 0 Å². The number of ether oxygens (including phenoxy) is 3. The number of benzene rings is 1. The zero-order valence-electron chi connectivity index (χ0n) is 17.8. The van der Waals surface area contributed by atoms with Crippen molar-refractivity contribution in [3.05, 3.63) is 35.9 Å². The summed E-state index contributed by atoms with van der Waals surface area (Å²) < 4.78 is 29.3. The Labute approximate surface area is 174 Å². The van der Waals surface area contributed by atoms with Crippen LogP contribution in [0.15, 0.2) is 30.3 Å². The molecule has 0 amide bonds. The van der Waals surface area contributed by atoms with Crippen LogP contribution in [0.1, 0.15) is 58.4 Å². The van der Waals surface area contributed by atoms with Crippen LogP contribution in [-0.2, 0) is 34.6 Å². The number of esters is 1. The molecule has 0 radical (unpaired) electrons. The van der Waals surface area contributed by atoms with Crippen molar-refractivity contribution >= 4 is 13.1 Å². The number of carbonyl (C=O) groups is 1. The standard InChI is InChI=1S/C22H33BO6/c1-22(2,3)27-20(24)14-18-13-19(16-26-21-11-7-8-12-25-21)29-23(28-18)15-17-9-5-4-6-10-17/h4-6,9-10,18-19,21H,7-8,11-16H2,1-3H3/t18-,19+,21?/m1/s1.